The number of hydrogen-bond donors (Lipinski definition) is 0. The molecule has 3 rings (SSSR count). The predicted molar refractivity (Wildman–Crippen MR) is 88.6 cm³/mol. The molecule has 0 aliphatic heterocycles. The van der Waals surface area contributed by atoms with Gasteiger partial charge in [-0.2, -0.15) is 18.2 Å². The van der Waals surface area contributed by atoms with E-state index >= 15 is 0 Å². The van der Waals surface area contributed by atoms with Gasteiger partial charge in [0.25, 0.3) is 5.89 Å². The van der Waals surface area contributed by atoms with Crippen LogP contribution in [-0.2, 0) is 12.8 Å². The Balaban J connectivity index is 1.70. The van der Waals surface area contributed by atoms with Gasteiger partial charge in [0.1, 0.15) is 17.2 Å². The molecule has 0 atom stereocenters. The third-order valence-corrected chi connectivity index (χ3v) is 3.66. The number of alkyl halides is 3. The zero-order chi connectivity index (χ0) is 19.4. The van der Waals surface area contributed by atoms with Gasteiger partial charge in [-0.05, 0) is 36.4 Å². The van der Waals surface area contributed by atoms with Crippen molar-refractivity contribution in [2.75, 3.05) is 14.2 Å². The van der Waals surface area contributed by atoms with Crippen LogP contribution in [0.4, 0.5) is 13.2 Å². The number of hydrogen-bond acceptors (Lipinski definition) is 6. The second-order valence-electron chi connectivity index (χ2n) is 5.39. The van der Waals surface area contributed by atoms with Crippen LogP contribution < -0.4 is 14.2 Å². The smallest absolute Gasteiger partial charge is 0.416 e. The fraction of sp³-hybridized carbons (Fsp3) is 0.222. The highest BCUT2D eigenvalue weighted by atomic mass is 19.4. The summed E-state index contributed by atoms with van der Waals surface area (Å²) in [6.45, 7) is -0.0865. The van der Waals surface area contributed by atoms with Gasteiger partial charge in [0, 0.05) is 6.07 Å². The van der Waals surface area contributed by atoms with Crippen molar-refractivity contribution in [3.05, 3.63) is 53.9 Å². The molecule has 0 spiro atoms. The average Bonchev–Trinajstić information content (AvgIpc) is 3.14. The van der Waals surface area contributed by atoms with Gasteiger partial charge in [0.15, 0.2) is 6.61 Å². The maximum Gasteiger partial charge on any atom is 0.416 e. The maximum absolute atomic E-state index is 12.6. The number of ether oxygens (including phenoxy) is 3. The van der Waals surface area contributed by atoms with Crippen molar-refractivity contribution in [1.82, 2.24) is 10.1 Å². The second-order valence-corrected chi connectivity index (χ2v) is 5.39. The van der Waals surface area contributed by atoms with Crippen LogP contribution >= 0.6 is 0 Å². The first-order valence-electron chi connectivity index (χ1n) is 7.75. The van der Waals surface area contributed by atoms with Gasteiger partial charge < -0.3 is 18.7 Å². The standard InChI is InChI=1S/C18H15F3N2O4/c1-24-13-7-8-14(15(9-13)25-2)17-22-16(27-23-17)10-26-12-5-3-11(4-6-12)18(19,20)21/h3-9H,10H2,1-2H3. The molecular formula is C18H15F3N2O4. The lowest BCUT2D eigenvalue weighted by Crippen LogP contribution is -2.04. The van der Waals surface area contributed by atoms with Crippen LogP contribution in [0.3, 0.4) is 0 Å². The van der Waals surface area contributed by atoms with Crippen molar-refractivity contribution in [3.8, 4) is 28.6 Å². The maximum atomic E-state index is 12.6. The summed E-state index contributed by atoms with van der Waals surface area (Å²) >= 11 is 0. The molecule has 3 aromatic rings. The van der Waals surface area contributed by atoms with Crippen molar-refractivity contribution in [3.63, 3.8) is 0 Å². The van der Waals surface area contributed by atoms with Crippen molar-refractivity contribution in [1.29, 1.82) is 0 Å². The molecule has 0 saturated heterocycles. The molecule has 2 aromatic carbocycles. The Kier molecular flexibility index (Phi) is 5.20. The monoisotopic (exact) mass is 380 g/mol. The molecule has 142 valence electrons. The SMILES string of the molecule is COc1ccc(-c2noc(COc3ccc(C(F)(F)F)cc3)n2)c(OC)c1. The van der Waals surface area contributed by atoms with Crippen molar-refractivity contribution < 1.29 is 31.9 Å². The molecule has 0 radical (unpaired) electrons. The average molecular weight is 380 g/mol. The minimum absolute atomic E-state index is 0.0865. The summed E-state index contributed by atoms with van der Waals surface area (Å²) in [7, 11) is 3.05. The summed E-state index contributed by atoms with van der Waals surface area (Å²) in [6, 6.07) is 9.48. The van der Waals surface area contributed by atoms with Crippen LogP contribution in [0, 0.1) is 0 Å². The Bertz CT molecular complexity index is 908. The molecule has 1 aromatic heterocycles. The van der Waals surface area contributed by atoms with Crippen LogP contribution in [0.2, 0.25) is 0 Å². The van der Waals surface area contributed by atoms with Gasteiger partial charge in [-0.1, -0.05) is 5.16 Å². The van der Waals surface area contributed by atoms with E-state index in [-0.39, 0.29) is 18.2 Å². The van der Waals surface area contributed by atoms with Gasteiger partial charge in [-0.25, -0.2) is 0 Å². The number of nitrogens with zero attached hydrogens (tertiary/aromatic N) is 2. The van der Waals surface area contributed by atoms with E-state index in [9.17, 15) is 13.2 Å². The number of rotatable bonds is 6. The highest BCUT2D eigenvalue weighted by Gasteiger charge is 2.30. The summed E-state index contributed by atoms with van der Waals surface area (Å²) in [5.74, 6) is 1.84. The van der Waals surface area contributed by atoms with Gasteiger partial charge in [0.2, 0.25) is 5.82 Å². The molecular weight excluding hydrogens is 365 g/mol. The van der Waals surface area contributed by atoms with Gasteiger partial charge in [-0.15, -0.1) is 0 Å². The minimum Gasteiger partial charge on any atom is -0.497 e. The Morgan fingerprint density at radius 1 is 0.963 bits per heavy atom. The largest absolute Gasteiger partial charge is 0.497 e. The Hall–Kier alpha value is -3.23. The van der Waals surface area contributed by atoms with Crippen LogP contribution in [0.15, 0.2) is 47.0 Å². The second kappa shape index (κ2) is 7.56. The number of benzene rings is 2. The lowest BCUT2D eigenvalue weighted by molar-refractivity contribution is -0.137. The molecule has 6 nitrogen and oxygen atoms in total. The normalized spacial score (nSPS) is 11.3. The summed E-state index contributed by atoms with van der Waals surface area (Å²) in [5, 5.41) is 3.87. The number of methoxy groups -OCH3 is 2. The summed E-state index contributed by atoms with van der Waals surface area (Å²) in [5.41, 5.74) is -0.149. The van der Waals surface area contributed by atoms with Gasteiger partial charge in [0.05, 0.1) is 25.3 Å². The van der Waals surface area contributed by atoms with E-state index in [4.69, 9.17) is 18.7 Å². The van der Waals surface area contributed by atoms with E-state index < -0.39 is 11.7 Å². The summed E-state index contributed by atoms with van der Waals surface area (Å²) in [6.07, 6.45) is -4.39. The van der Waals surface area contributed by atoms with Gasteiger partial charge >= 0.3 is 6.18 Å². The first-order valence-corrected chi connectivity index (χ1v) is 7.75. The molecule has 0 aliphatic rings. The Morgan fingerprint density at radius 2 is 1.67 bits per heavy atom. The molecule has 0 bridgehead atoms. The summed E-state index contributed by atoms with van der Waals surface area (Å²) in [4.78, 5) is 4.21. The van der Waals surface area contributed by atoms with E-state index in [2.05, 4.69) is 10.1 Å². The topological polar surface area (TPSA) is 66.6 Å². The highest BCUT2D eigenvalue weighted by Crippen LogP contribution is 2.32. The molecule has 0 N–H and O–H groups in total. The molecule has 0 amide bonds. The van der Waals surface area contributed by atoms with Crippen molar-refractivity contribution >= 4 is 0 Å². The first-order chi connectivity index (χ1) is 12.9. The van der Waals surface area contributed by atoms with E-state index in [1.807, 2.05) is 0 Å². The van der Waals surface area contributed by atoms with E-state index in [1.54, 1.807) is 25.3 Å². The third kappa shape index (κ3) is 4.30. The molecule has 1 heterocycles. The Labute approximate surface area is 152 Å². The predicted octanol–water partition coefficient (Wildman–Crippen LogP) is 4.35. The van der Waals surface area contributed by atoms with Crippen LogP contribution in [0.1, 0.15) is 11.5 Å². The lowest BCUT2D eigenvalue weighted by Gasteiger charge is -2.08. The fourth-order valence-corrected chi connectivity index (χ4v) is 2.29. The fourth-order valence-electron chi connectivity index (χ4n) is 2.29. The third-order valence-electron chi connectivity index (χ3n) is 3.66. The van der Waals surface area contributed by atoms with Crippen LogP contribution in [0.5, 0.6) is 17.2 Å². The van der Waals surface area contributed by atoms with E-state index in [0.717, 1.165) is 12.1 Å². The van der Waals surface area contributed by atoms with Crippen molar-refractivity contribution in [2.45, 2.75) is 12.8 Å². The highest BCUT2D eigenvalue weighted by molar-refractivity contribution is 5.65. The first kappa shape index (κ1) is 18.6. The molecule has 0 fully saturated rings. The van der Waals surface area contributed by atoms with E-state index in [1.165, 1.54) is 19.2 Å². The minimum atomic E-state index is -4.39. The molecule has 27 heavy (non-hydrogen) atoms. The molecule has 9 heteroatoms. The van der Waals surface area contributed by atoms with Crippen LogP contribution in [0.25, 0.3) is 11.4 Å². The Morgan fingerprint density at radius 3 is 2.30 bits per heavy atom. The van der Waals surface area contributed by atoms with Crippen molar-refractivity contribution in [2.24, 2.45) is 0 Å². The molecule has 0 aliphatic carbocycles. The number of halogens is 3. The van der Waals surface area contributed by atoms with Crippen LogP contribution in [-0.4, -0.2) is 24.4 Å². The quantitative estimate of drug-likeness (QED) is 0.633. The zero-order valence-corrected chi connectivity index (χ0v) is 14.4. The lowest BCUT2D eigenvalue weighted by atomic mass is 10.2. The summed E-state index contributed by atoms with van der Waals surface area (Å²) < 4.78 is 58.6. The zero-order valence-electron chi connectivity index (χ0n) is 14.4. The molecule has 0 saturated carbocycles. The van der Waals surface area contributed by atoms with Gasteiger partial charge in [-0.3, -0.25) is 0 Å². The number of aromatic nitrogens is 2. The molecule has 0 unspecified atom stereocenters. The van der Waals surface area contributed by atoms with E-state index in [0.29, 0.717) is 22.9 Å².